The molecule has 0 spiro atoms. The van der Waals surface area contributed by atoms with E-state index in [2.05, 4.69) is 46.9 Å². The average molecular weight is 260 g/mol. The molecular weight excluding hydrogens is 240 g/mol. The van der Waals surface area contributed by atoms with Gasteiger partial charge in [0, 0.05) is 23.5 Å². The van der Waals surface area contributed by atoms with E-state index in [1.807, 2.05) is 11.3 Å². The minimum atomic E-state index is 0.793. The second-order valence-electron chi connectivity index (χ2n) is 5.32. The Labute approximate surface area is 113 Å². The highest BCUT2D eigenvalue weighted by atomic mass is 32.1. The summed E-state index contributed by atoms with van der Waals surface area (Å²) in [6.45, 7) is 3.59. The number of benzene rings is 1. The number of thiophene rings is 1. The van der Waals surface area contributed by atoms with Crippen LogP contribution in [0, 0.1) is 5.92 Å². The van der Waals surface area contributed by atoms with E-state index < -0.39 is 0 Å². The molecule has 1 aliphatic rings. The second-order valence-corrected chi connectivity index (χ2v) is 6.27. The number of piperidine rings is 1. The number of fused-ring (bicyclic) bond motifs is 1. The highest BCUT2D eigenvalue weighted by Gasteiger charge is 2.16. The Bertz CT molecular complexity index is 520. The molecule has 1 aromatic heterocycles. The summed E-state index contributed by atoms with van der Waals surface area (Å²) in [4.78, 5) is 2.44. The fraction of sp³-hybridized carbons (Fsp3) is 0.467. The zero-order valence-electron chi connectivity index (χ0n) is 10.9. The van der Waals surface area contributed by atoms with E-state index >= 15 is 0 Å². The maximum Gasteiger partial charge on any atom is 0.0347 e. The molecular formula is C15H20N2S. The lowest BCUT2D eigenvalue weighted by molar-refractivity contribution is 0.217. The summed E-state index contributed by atoms with van der Waals surface area (Å²) in [5, 5.41) is 7.10. The maximum atomic E-state index is 3.59. The first-order valence-electron chi connectivity index (χ1n) is 6.71. The summed E-state index contributed by atoms with van der Waals surface area (Å²) in [5.41, 5.74) is 1.26. The van der Waals surface area contributed by atoms with Crippen molar-refractivity contribution in [3.63, 3.8) is 0 Å². The smallest absolute Gasteiger partial charge is 0.0347 e. The first kappa shape index (κ1) is 12.0. The largest absolute Gasteiger partial charge is 0.385 e. The third kappa shape index (κ3) is 2.68. The van der Waals surface area contributed by atoms with Gasteiger partial charge in [0.15, 0.2) is 0 Å². The molecule has 96 valence electrons. The predicted octanol–water partition coefficient (Wildman–Crippen LogP) is 3.66. The molecule has 0 aliphatic carbocycles. The lowest BCUT2D eigenvalue weighted by atomic mass is 9.98. The molecule has 18 heavy (non-hydrogen) atoms. The highest BCUT2D eigenvalue weighted by Crippen LogP contribution is 2.24. The molecule has 1 aliphatic heterocycles. The van der Waals surface area contributed by atoms with Crippen molar-refractivity contribution in [2.75, 3.05) is 32.0 Å². The molecule has 2 heterocycles. The highest BCUT2D eigenvalue weighted by molar-refractivity contribution is 7.17. The van der Waals surface area contributed by atoms with Gasteiger partial charge in [-0.2, -0.15) is 0 Å². The van der Waals surface area contributed by atoms with Gasteiger partial charge in [0.1, 0.15) is 0 Å². The van der Waals surface area contributed by atoms with Gasteiger partial charge in [-0.05, 0) is 67.4 Å². The van der Waals surface area contributed by atoms with Gasteiger partial charge in [0.2, 0.25) is 0 Å². The zero-order chi connectivity index (χ0) is 12.4. The Hall–Kier alpha value is -1.06. The van der Waals surface area contributed by atoms with Gasteiger partial charge in [0.05, 0.1) is 0 Å². The van der Waals surface area contributed by atoms with Gasteiger partial charge in [-0.15, -0.1) is 11.3 Å². The van der Waals surface area contributed by atoms with Crippen LogP contribution in [-0.2, 0) is 0 Å². The molecule has 3 heteroatoms. The molecule has 0 bridgehead atoms. The van der Waals surface area contributed by atoms with Crippen LogP contribution in [0.15, 0.2) is 29.6 Å². The SMILES string of the molecule is CN1CCCC(CNc2ccc3sccc3c2)C1. The van der Waals surface area contributed by atoms with Crippen molar-refractivity contribution in [2.45, 2.75) is 12.8 Å². The van der Waals surface area contributed by atoms with Crippen molar-refractivity contribution in [3.8, 4) is 0 Å². The summed E-state index contributed by atoms with van der Waals surface area (Å²) in [5.74, 6) is 0.793. The Morgan fingerprint density at radius 2 is 2.33 bits per heavy atom. The third-order valence-corrected chi connectivity index (χ3v) is 4.67. The van der Waals surface area contributed by atoms with Crippen LogP contribution in [0.4, 0.5) is 5.69 Å². The van der Waals surface area contributed by atoms with Gasteiger partial charge >= 0.3 is 0 Å². The van der Waals surface area contributed by atoms with E-state index in [0.29, 0.717) is 0 Å². The molecule has 1 aromatic carbocycles. The number of likely N-dealkylation sites (tertiary alicyclic amines) is 1. The Morgan fingerprint density at radius 3 is 3.22 bits per heavy atom. The first-order chi connectivity index (χ1) is 8.81. The molecule has 1 atom stereocenters. The molecule has 2 nitrogen and oxygen atoms in total. The third-order valence-electron chi connectivity index (χ3n) is 3.77. The zero-order valence-corrected chi connectivity index (χ0v) is 11.7. The first-order valence-corrected chi connectivity index (χ1v) is 7.59. The predicted molar refractivity (Wildman–Crippen MR) is 80.5 cm³/mol. The molecule has 3 rings (SSSR count). The van der Waals surface area contributed by atoms with Crippen molar-refractivity contribution in [3.05, 3.63) is 29.6 Å². The average Bonchev–Trinajstić information content (AvgIpc) is 2.84. The molecule has 1 saturated heterocycles. The number of anilines is 1. The van der Waals surface area contributed by atoms with Crippen molar-refractivity contribution in [1.82, 2.24) is 4.90 Å². The van der Waals surface area contributed by atoms with Crippen molar-refractivity contribution < 1.29 is 0 Å². The number of hydrogen-bond acceptors (Lipinski definition) is 3. The molecule has 0 saturated carbocycles. The maximum absolute atomic E-state index is 3.59. The molecule has 1 unspecified atom stereocenters. The Kier molecular flexibility index (Phi) is 3.52. The molecule has 1 fully saturated rings. The topological polar surface area (TPSA) is 15.3 Å². The van der Waals surface area contributed by atoms with Crippen LogP contribution in [0.1, 0.15) is 12.8 Å². The molecule has 2 aromatic rings. The summed E-state index contributed by atoms with van der Waals surface area (Å²) < 4.78 is 1.37. The van der Waals surface area contributed by atoms with E-state index in [4.69, 9.17) is 0 Å². The van der Waals surface area contributed by atoms with E-state index in [1.165, 1.54) is 41.7 Å². The van der Waals surface area contributed by atoms with Gasteiger partial charge in [0.25, 0.3) is 0 Å². The molecule has 0 amide bonds. The summed E-state index contributed by atoms with van der Waals surface area (Å²) >= 11 is 1.81. The van der Waals surface area contributed by atoms with Gasteiger partial charge < -0.3 is 10.2 Å². The van der Waals surface area contributed by atoms with Crippen LogP contribution >= 0.6 is 11.3 Å². The Balaban J connectivity index is 1.61. The number of rotatable bonds is 3. The van der Waals surface area contributed by atoms with Gasteiger partial charge in [-0.1, -0.05) is 0 Å². The van der Waals surface area contributed by atoms with Crippen molar-refractivity contribution in [1.29, 1.82) is 0 Å². The lowest BCUT2D eigenvalue weighted by Crippen LogP contribution is -2.35. The van der Waals surface area contributed by atoms with Crippen LogP contribution in [0.2, 0.25) is 0 Å². The van der Waals surface area contributed by atoms with Crippen molar-refractivity contribution >= 4 is 27.1 Å². The van der Waals surface area contributed by atoms with E-state index in [-0.39, 0.29) is 0 Å². The van der Waals surface area contributed by atoms with Crippen LogP contribution < -0.4 is 5.32 Å². The second kappa shape index (κ2) is 5.29. The summed E-state index contributed by atoms with van der Waals surface area (Å²) in [6.07, 6.45) is 2.70. The monoisotopic (exact) mass is 260 g/mol. The van der Waals surface area contributed by atoms with Crippen LogP contribution in [0.25, 0.3) is 10.1 Å². The van der Waals surface area contributed by atoms with E-state index in [0.717, 1.165) is 12.5 Å². The minimum absolute atomic E-state index is 0.793. The van der Waals surface area contributed by atoms with Crippen LogP contribution in [0.5, 0.6) is 0 Å². The van der Waals surface area contributed by atoms with Crippen LogP contribution in [-0.4, -0.2) is 31.6 Å². The molecule has 1 N–H and O–H groups in total. The minimum Gasteiger partial charge on any atom is -0.385 e. The van der Waals surface area contributed by atoms with E-state index in [9.17, 15) is 0 Å². The van der Waals surface area contributed by atoms with Crippen molar-refractivity contribution in [2.24, 2.45) is 5.92 Å². The summed E-state index contributed by atoms with van der Waals surface area (Å²) in [6, 6.07) is 8.87. The fourth-order valence-corrected chi connectivity index (χ4v) is 3.55. The van der Waals surface area contributed by atoms with Crippen LogP contribution in [0.3, 0.4) is 0 Å². The Morgan fingerprint density at radius 1 is 1.39 bits per heavy atom. The number of hydrogen-bond donors (Lipinski definition) is 1. The van der Waals surface area contributed by atoms with Gasteiger partial charge in [-0.3, -0.25) is 0 Å². The fourth-order valence-electron chi connectivity index (χ4n) is 2.78. The summed E-state index contributed by atoms with van der Waals surface area (Å²) in [7, 11) is 2.23. The number of nitrogens with one attached hydrogen (secondary N) is 1. The van der Waals surface area contributed by atoms with Gasteiger partial charge in [-0.25, -0.2) is 0 Å². The normalized spacial score (nSPS) is 21.3. The number of nitrogens with zero attached hydrogens (tertiary/aromatic N) is 1. The standard InChI is InChI=1S/C15H20N2S/c1-17-7-2-3-12(11-17)10-16-14-4-5-15-13(9-14)6-8-18-15/h4-6,8-9,12,16H,2-3,7,10-11H2,1H3. The lowest BCUT2D eigenvalue weighted by Gasteiger charge is -2.29. The quantitative estimate of drug-likeness (QED) is 0.906. The van der Waals surface area contributed by atoms with E-state index in [1.54, 1.807) is 0 Å². The molecule has 0 radical (unpaired) electrons.